The van der Waals surface area contributed by atoms with Crippen LogP contribution in [-0.4, -0.2) is 42.6 Å². The van der Waals surface area contributed by atoms with Gasteiger partial charge in [0.15, 0.2) is 5.89 Å². The Morgan fingerprint density at radius 2 is 2.47 bits per heavy atom. The molecule has 2 unspecified atom stereocenters. The molecule has 4 nitrogen and oxygen atoms in total. The third kappa shape index (κ3) is 3.07. The lowest BCUT2D eigenvalue weighted by molar-refractivity contribution is 0.344. The second kappa shape index (κ2) is 5.65. The number of oxazole rings is 1. The summed E-state index contributed by atoms with van der Waals surface area (Å²) in [6.07, 6.45) is 3.93. The minimum absolute atomic E-state index is 0.448. The third-order valence-electron chi connectivity index (χ3n) is 3.65. The standard InChI is InChI=1S/C13H23N3O/c1-4-16-6-5-11(8-16)13-15-12(9-17-13)7-10(2)14-3/h9-11,14H,4-8H2,1-3H3. The second-order valence-electron chi connectivity index (χ2n) is 4.95. The molecule has 96 valence electrons. The van der Waals surface area contributed by atoms with E-state index in [2.05, 4.69) is 29.0 Å². The lowest BCUT2D eigenvalue weighted by Crippen LogP contribution is -2.23. The van der Waals surface area contributed by atoms with Crippen molar-refractivity contribution in [3.05, 3.63) is 17.8 Å². The molecule has 1 aliphatic heterocycles. The van der Waals surface area contributed by atoms with E-state index in [-0.39, 0.29) is 0 Å². The number of likely N-dealkylation sites (N-methyl/N-ethyl adjacent to an activating group) is 2. The maximum Gasteiger partial charge on any atom is 0.198 e. The van der Waals surface area contributed by atoms with Gasteiger partial charge in [-0.1, -0.05) is 6.92 Å². The summed E-state index contributed by atoms with van der Waals surface area (Å²) < 4.78 is 5.62. The Kier molecular flexibility index (Phi) is 4.18. The van der Waals surface area contributed by atoms with Crippen molar-refractivity contribution < 1.29 is 4.42 Å². The SMILES string of the molecule is CCN1CCC(c2nc(CC(C)NC)co2)C1. The molecule has 1 aromatic heterocycles. The summed E-state index contributed by atoms with van der Waals surface area (Å²) in [7, 11) is 1.97. The van der Waals surface area contributed by atoms with Crippen LogP contribution in [0.2, 0.25) is 0 Å². The summed E-state index contributed by atoms with van der Waals surface area (Å²) >= 11 is 0. The molecule has 2 atom stereocenters. The molecule has 0 aromatic carbocycles. The molecule has 1 saturated heterocycles. The highest BCUT2D eigenvalue weighted by atomic mass is 16.3. The summed E-state index contributed by atoms with van der Waals surface area (Å²) in [4.78, 5) is 7.06. The Balaban J connectivity index is 1.94. The predicted octanol–water partition coefficient (Wildman–Crippen LogP) is 1.63. The van der Waals surface area contributed by atoms with E-state index in [4.69, 9.17) is 4.42 Å². The van der Waals surface area contributed by atoms with Crippen molar-refractivity contribution in [2.24, 2.45) is 0 Å². The molecular weight excluding hydrogens is 214 g/mol. The summed E-state index contributed by atoms with van der Waals surface area (Å²) in [5.74, 6) is 1.42. The first-order valence-electron chi connectivity index (χ1n) is 6.56. The van der Waals surface area contributed by atoms with E-state index in [9.17, 15) is 0 Å². The lowest BCUT2D eigenvalue weighted by atomic mass is 10.1. The van der Waals surface area contributed by atoms with Crippen LogP contribution in [0, 0.1) is 0 Å². The molecule has 4 heteroatoms. The predicted molar refractivity (Wildman–Crippen MR) is 68.2 cm³/mol. The fraction of sp³-hybridized carbons (Fsp3) is 0.769. The molecular formula is C13H23N3O. The van der Waals surface area contributed by atoms with Crippen LogP contribution in [-0.2, 0) is 6.42 Å². The van der Waals surface area contributed by atoms with Crippen LogP contribution < -0.4 is 5.32 Å². The molecule has 1 fully saturated rings. The summed E-state index contributed by atoms with van der Waals surface area (Å²) in [5.41, 5.74) is 1.07. The average molecular weight is 237 g/mol. The van der Waals surface area contributed by atoms with Gasteiger partial charge in [-0.15, -0.1) is 0 Å². The normalized spacial score (nSPS) is 23.1. The highest BCUT2D eigenvalue weighted by Crippen LogP contribution is 2.26. The minimum atomic E-state index is 0.448. The first kappa shape index (κ1) is 12.6. The van der Waals surface area contributed by atoms with Gasteiger partial charge in [0.05, 0.1) is 5.69 Å². The smallest absolute Gasteiger partial charge is 0.198 e. The maximum atomic E-state index is 5.62. The van der Waals surface area contributed by atoms with E-state index in [0.717, 1.165) is 31.1 Å². The van der Waals surface area contributed by atoms with Crippen LogP contribution in [0.5, 0.6) is 0 Å². The van der Waals surface area contributed by atoms with Crippen molar-refractivity contribution in [2.75, 3.05) is 26.7 Å². The van der Waals surface area contributed by atoms with E-state index in [0.29, 0.717) is 12.0 Å². The van der Waals surface area contributed by atoms with Gasteiger partial charge >= 0.3 is 0 Å². The van der Waals surface area contributed by atoms with E-state index in [1.165, 1.54) is 13.0 Å². The third-order valence-corrected chi connectivity index (χ3v) is 3.65. The first-order chi connectivity index (χ1) is 8.22. The quantitative estimate of drug-likeness (QED) is 0.845. The van der Waals surface area contributed by atoms with Gasteiger partial charge < -0.3 is 14.6 Å². The van der Waals surface area contributed by atoms with Gasteiger partial charge in [-0.2, -0.15) is 0 Å². The molecule has 0 saturated carbocycles. The van der Waals surface area contributed by atoms with Crippen molar-refractivity contribution in [1.29, 1.82) is 0 Å². The highest BCUT2D eigenvalue weighted by molar-refractivity contribution is 5.04. The minimum Gasteiger partial charge on any atom is -0.448 e. The Morgan fingerprint density at radius 3 is 3.12 bits per heavy atom. The Labute approximate surface area is 103 Å². The number of rotatable bonds is 5. The van der Waals surface area contributed by atoms with Gasteiger partial charge in [0.1, 0.15) is 6.26 Å². The van der Waals surface area contributed by atoms with Crippen LogP contribution in [0.15, 0.2) is 10.7 Å². The van der Waals surface area contributed by atoms with Crippen LogP contribution >= 0.6 is 0 Å². The first-order valence-corrected chi connectivity index (χ1v) is 6.56. The fourth-order valence-electron chi connectivity index (χ4n) is 2.34. The van der Waals surface area contributed by atoms with Crippen LogP contribution in [0.3, 0.4) is 0 Å². The molecule has 0 spiro atoms. The number of nitrogens with zero attached hydrogens (tertiary/aromatic N) is 2. The van der Waals surface area contributed by atoms with E-state index < -0.39 is 0 Å². The van der Waals surface area contributed by atoms with Crippen LogP contribution in [0.1, 0.15) is 37.8 Å². The number of nitrogens with one attached hydrogen (secondary N) is 1. The zero-order valence-electron chi connectivity index (χ0n) is 11.1. The summed E-state index contributed by atoms with van der Waals surface area (Å²) in [6, 6.07) is 0.448. The summed E-state index contributed by atoms with van der Waals surface area (Å²) in [5, 5.41) is 3.22. The molecule has 2 heterocycles. The number of hydrogen-bond donors (Lipinski definition) is 1. The zero-order valence-corrected chi connectivity index (χ0v) is 11.1. The number of hydrogen-bond acceptors (Lipinski definition) is 4. The van der Waals surface area contributed by atoms with Crippen LogP contribution in [0.4, 0.5) is 0 Å². The molecule has 0 bridgehead atoms. The average Bonchev–Trinajstić information content (AvgIpc) is 2.96. The van der Waals surface area contributed by atoms with E-state index in [1.54, 1.807) is 0 Å². The zero-order chi connectivity index (χ0) is 12.3. The lowest BCUT2D eigenvalue weighted by Gasteiger charge is -2.10. The number of aromatic nitrogens is 1. The molecule has 1 aromatic rings. The Morgan fingerprint density at radius 1 is 1.65 bits per heavy atom. The van der Waals surface area contributed by atoms with Crippen molar-refractivity contribution in [3.63, 3.8) is 0 Å². The molecule has 1 N–H and O–H groups in total. The van der Waals surface area contributed by atoms with Gasteiger partial charge in [0.2, 0.25) is 0 Å². The van der Waals surface area contributed by atoms with Crippen molar-refractivity contribution >= 4 is 0 Å². The fourth-order valence-corrected chi connectivity index (χ4v) is 2.34. The summed E-state index contributed by atoms with van der Waals surface area (Å²) in [6.45, 7) is 7.76. The molecule has 0 radical (unpaired) electrons. The molecule has 0 aliphatic carbocycles. The monoisotopic (exact) mass is 237 g/mol. The Hall–Kier alpha value is -0.870. The van der Waals surface area contributed by atoms with Gasteiger partial charge in [0.25, 0.3) is 0 Å². The molecule has 2 rings (SSSR count). The van der Waals surface area contributed by atoms with Crippen molar-refractivity contribution in [2.45, 2.75) is 38.6 Å². The van der Waals surface area contributed by atoms with Crippen molar-refractivity contribution in [3.8, 4) is 0 Å². The highest BCUT2D eigenvalue weighted by Gasteiger charge is 2.26. The number of likely N-dealkylation sites (tertiary alicyclic amines) is 1. The second-order valence-corrected chi connectivity index (χ2v) is 4.95. The molecule has 1 aliphatic rings. The van der Waals surface area contributed by atoms with Crippen molar-refractivity contribution in [1.82, 2.24) is 15.2 Å². The van der Waals surface area contributed by atoms with Gasteiger partial charge in [-0.05, 0) is 33.5 Å². The van der Waals surface area contributed by atoms with Gasteiger partial charge in [-0.3, -0.25) is 0 Å². The molecule has 17 heavy (non-hydrogen) atoms. The maximum absolute atomic E-state index is 5.62. The Bertz CT molecular complexity index is 350. The van der Waals surface area contributed by atoms with E-state index in [1.807, 2.05) is 13.3 Å². The largest absolute Gasteiger partial charge is 0.448 e. The van der Waals surface area contributed by atoms with E-state index >= 15 is 0 Å². The van der Waals surface area contributed by atoms with Crippen LogP contribution in [0.25, 0.3) is 0 Å². The molecule has 0 amide bonds. The van der Waals surface area contributed by atoms with Gasteiger partial charge in [0, 0.05) is 24.9 Å². The topological polar surface area (TPSA) is 41.3 Å². The van der Waals surface area contributed by atoms with Gasteiger partial charge in [-0.25, -0.2) is 4.98 Å².